The van der Waals surface area contributed by atoms with E-state index >= 15 is 0 Å². The first-order chi connectivity index (χ1) is 7.70. The van der Waals surface area contributed by atoms with E-state index in [1.165, 1.54) is 0 Å². The smallest absolute Gasteiger partial charge is 0.242 e. The molecule has 2 heterocycles. The Hall–Kier alpha value is -1.32. The van der Waals surface area contributed by atoms with E-state index in [1.54, 1.807) is 11.0 Å². The van der Waals surface area contributed by atoms with Crippen LogP contribution in [0.25, 0.3) is 0 Å². The van der Waals surface area contributed by atoms with Crippen molar-refractivity contribution in [2.75, 3.05) is 26.2 Å². The van der Waals surface area contributed by atoms with E-state index in [2.05, 4.69) is 6.58 Å². The quantitative estimate of drug-likeness (QED) is 0.658. The summed E-state index contributed by atoms with van der Waals surface area (Å²) in [6, 6.07) is 0. The number of amides is 2. The van der Waals surface area contributed by atoms with Crippen LogP contribution >= 0.6 is 0 Å². The monoisotopic (exact) mass is 222 g/mol. The minimum absolute atomic E-state index is 0.0810. The summed E-state index contributed by atoms with van der Waals surface area (Å²) in [5, 5.41) is 0. The predicted molar refractivity (Wildman–Crippen MR) is 60.7 cm³/mol. The number of nitrogens with zero attached hydrogens (tertiary/aromatic N) is 2. The van der Waals surface area contributed by atoms with Gasteiger partial charge in [0.25, 0.3) is 0 Å². The largest absolute Gasteiger partial charge is 0.341 e. The molecule has 88 valence electrons. The van der Waals surface area contributed by atoms with Gasteiger partial charge in [0.05, 0.1) is 6.54 Å². The summed E-state index contributed by atoms with van der Waals surface area (Å²) in [4.78, 5) is 27.0. The Balaban J connectivity index is 1.87. The van der Waals surface area contributed by atoms with Crippen molar-refractivity contribution in [2.45, 2.75) is 19.3 Å². The molecule has 2 aliphatic heterocycles. The van der Waals surface area contributed by atoms with Crippen molar-refractivity contribution in [3.63, 3.8) is 0 Å². The fourth-order valence-electron chi connectivity index (χ4n) is 2.34. The van der Waals surface area contributed by atoms with Crippen LogP contribution in [0.15, 0.2) is 12.7 Å². The molecule has 4 heteroatoms. The van der Waals surface area contributed by atoms with Crippen molar-refractivity contribution in [2.24, 2.45) is 5.92 Å². The highest BCUT2D eigenvalue weighted by Crippen LogP contribution is 2.18. The van der Waals surface area contributed by atoms with E-state index in [-0.39, 0.29) is 24.3 Å². The van der Waals surface area contributed by atoms with E-state index in [4.69, 9.17) is 0 Å². The molecule has 0 aromatic rings. The normalized spacial score (nSPS) is 25.2. The first-order valence-electron chi connectivity index (χ1n) is 5.89. The van der Waals surface area contributed by atoms with Crippen molar-refractivity contribution in [3.05, 3.63) is 12.7 Å². The molecule has 2 aliphatic rings. The van der Waals surface area contributed by atoms with Crippen molar-refractivity contribution >= 4 is 11.8 Å². The fourth-order valence-corrected chi connectivity index (χ4v) is 2.34. The Kier molecular flexibility index (Phi) is 3.27. The maximum Gasteiger partial charge on any atom is 0.242 e. The zero-order chi connectivity index (χ0) is 11.5. The van der Waals surface area contributed by atoms with Crippen LogP contribution in [0.5, 0.6) is 0 Å². The molecule has 2 rings (SSSR count). The van der Waals surface area contributed by atoms with Crippen molar-refractivity contribution in [3.8, 4) is 0 Å². The van der Waals surface area contributed by atoms with Crippen LogP contribution < -0.4 is 0 Å². The molecule has 0 spiro atoms. The first kappa shape index (κ1) is 11.2. The molecule has 2 saturated heterocycles. The Labute approximate surface area is 95.9 Å². The second kappa shape index (κ2) is 4.68. The average molecular weight is 222 g/mol. The molecule has 4 nitrogen and oxygen atoms in total. The van der Waals surface area contributed by atoms with Gasteiger partial charge in [0, 0.05) is 32.0 Å². The Morgan fingerprint density at radius 1 is 1.44 bits per heavy atom. The predicted octanol–water partition coefficient (Wildman–Crippen LogP) is 0.643. The molecule has 0 aromatic heterocycles. The molecular formula is C12H18N2O2. The number of carbonyl (C=O) groups is 2. The van der Waals surface area contributed by atoms with Crippen LogP contribution in [0.1, 0.15) is 19.3 Å². The summed E-state index contributed by atoms with van der Waals surface area (Å²) in [6.45, 7) is 6.31. The molecule has 0 radical (unpaired) electrons. The van der Waals surface area contributed by atoms with E-state index in [0.717, 1.165) is 25.9 Å². The minimum atomic E-state index is 0.0810. The van der Waals surface area contributed by atoms with Gasteiger partial charge < -0.3 is 9.80 Å². The first-order valence-corrected chi connectivity index (χ1v) is 5.89. The van der Waals surface area contributed by atoms with Crippen LogP contribution in [0.3, 0.4) is 0 Å². The van der Waals surface area contributed by atoms with E-state index < -0.39 is 0 Å². The fraction of sp³-hybridized carbons (Fsp3) is 0.667. The third-order valence-electron chi connectivity index (χ3n) is 3.36. The molecule has 1 unspecified atom stereocenters. The molecule has 16 heavy (non-hydrogen) atoms. The van der Waals surface area contributed by atoms with E-state index in [9.17, 15) is 9.59 Å². The highest BCUT2D eigenvalue weighted by atomic mass is 16.2. The number of rotatable bonds is 3. The van der Waals surface area contributed by atoms with Gasteiger partial charge in [0.15, 0.2) is 0 Å². The lowest BCUT2D eigenvalue weighted by atomic mass is 10.1. The van der Waals surface area contributed by atoms with Crippen LogP contribution in [0.2, 0.25) is 0 Å². The molecule has 2 fully saturated rings. The van der Waals surface area contributed by atoms with Crippen molar-refractivity contribution in [1.82, 2.24) is 9.80 Å². The van der Waals surface area contributed by atoms with Gasteiger partial charge in [-0.25, -0.2) is 0 Å². The molecule has 0 saturated carbocycles. The Morgan fingerprint density at radius 3 is 2.69 bits per heavy atom. The highest BCUT2D eigenvalue weighted by molar-refractivity contribution is 5.86. The molecule has 0 aliphatic carbocycles. The average Bonchev–Trinajstić information content (AvgIpc) is 2.88. The lowest BCUT2D eigenvalue weighted by Crippen LogP contribution is -2.39. The molecule has 2 amide bonds. The summed E-state index contributed by atoms with van der Waals surface area (Å²) in [6.07, 6.45) is 4.50. The third-order valence-corrected chi connectivity index (χ3v) is 3.36. The summed E-state index contributed by atoms with van der Waals surface area (Å²) >= 11 is 0. The number of likely N-dealkylation sites (tertiary alicyclic amines) is 2. The van der Waals surface area contributed by atoms with Crippen molar-refractivity contribution in [1.29, 1.82) is 0 Å². The summed E-state index contributed by atoms with van der Waals surface area (Å²) in [5.41, 5.74) is 0. The standard InChI is InChI=1S/C12H18N2O2/c1-2-10-7-11(15)14(8-10)9-12(16)13-5-3-4-6-13/h2,10H,1,3-9H2. The molecular weight excluding hydrogens is 204 g/mol. The lowest BCUT2D eigenvalue weighted by Gasteiger charge is -2.20. The maximum atomic E-state index is 11.8. The number of hydrogen-bond donors (Lipinski definition) is 0. The van der Waals surface area contributed by atoms with Crippen LogP contribution in [-0.4, -0.2) is 47.8 Å². The lowest BCUT2D eigenvalue weighted by molar-refractivity contribution is -0.137. The van der Waals surface area contributed by atoms with Gasteiger partial charge >= 0.3 is 0 Å². The third kappa shape index (κ3) is 2.26. The number of carbonyl (C=O) groups excluding carboxylic acids is 2. The zero-order valence-electron chi connectivity index (χ0n) is 9.52. The van der Waals surface area contributed by atoms with Crippen LogP contribution in [-0.2, 0) is 9.59 Å². The van der Waals surface area contributed by atoms with Gasteiger partial charge in [0.1, 0.15) is 0 Å². The highest BCUT2D eigenvalue weighted by Gasteiger charge is 2.30. The van der Waals surface area contributed by atoms with Gasteiger partial charge in [-0.3, -0.25) is 9.59 Å². The maximum absolute atomic E-state index is 11.8. The molecule has 0 N–H and O–H groups in total. The van der Waals surface area contributed by atoms with Crippen LogP contribution in [0.4, 0.5) is 0 Å². The van der Waals surface area contributed by atoms with Crippen molar-refractivity contribution < 1.29 is 9.59 Å². The Bertz CT molecular complexity index is 308. The summed E-state index contributed by atoms with van der Waals surface area (Å²) < 4.78 is 0. The van der Waals surface area contributed by atoms with Gasteiger partial charge in [-0.1, -0.05) is 6.08 Å². The topological polar surface area (TPSA) is 40.6 Å². The second-order valence-electron chi connectivity index (χ2n) is 4.56. The van der Waals surface area contributed by atoms with E-state index in [0.29, 0.717) is 13.0 Å². The summed E-state index contributed by atoms with van der Waals surface area (Å²) in [5.74, 6) is 0.395. The van der Waals surface area contributed by atoms with Gasteiger partial charge in [-0.15, -0.1) is 6.58 Å². The SMILES string of the molecule is C=CC1CC(=O)N(CC(=O)N2CCCC2)C1. The van der Waals surface area contributed by atoms with E-state index in [1.807, 2.05) is 4.90 Å². The molecule has 0 aromatic carbocycles. The van der Waals surface area contributed by atoms with Gasteiger partial charge in [-0.05, 0) is 12.8 Å². The number of hydrogen-bond acceptors (Lipinski definition) is 2. The van der Waals surface area contributed by atoms with Gasteiger partial charge in [0.2, 0.25) is 11.8 Å². The minimum Gasteiger partial charge on any atom is -0.341 e. The van der Waals surface area contributed by atoms with Crippen LogP contribution in [0, 0.1) is 5.92 Å². The molecule has 0 bridgehead atoms. The van der Waals surface area contributed by atoms with Gasteiger partial charge in [-0.2, -0.15) is 0 Å². The zero-order valence-corrected chi connectivity index (χ0v) is 9.52. The second-order valence-corrected chi connectivity index (χ2v) is 4.56. The Morgan fingerprint density at radius 2 is 2.12 bits per heavy atom. The summed E-state index contributed by atoms with van der Waals surface area (Å²) in [7, 11) is 0. The molecule has 1 atom stereocenters.